The van der Waals surface area contributed by atoms with Crippen LogP contribution in [0.4, 0.5) is 5.69 Å². The second kappa shape index (κ2) is 4.27. The molecule has 14 heavy (non-hydrogen) atoms. The minimum absolute atomic E-state index is 0.949. The third-order valence-electron chi connectivity index (χ3n) is 2.47. The molecule has 0 spiro atoms. The molecule has 0 fully saturated rings. The van der Waals surface area contributed by atoms with E-state index in [1.807, 2.05) is 0 Å². The molecule has 0 aromatic heterocycles. The average molecular weight is 188 g/mol. The van der Waals surface area contributed by atoms with E-state index in [1.54, 1.807) is 0 Å². The molecule has 2 rings (SSSR count). The third kappa shape index (κ3) is 1.79. The summed E-state index contributed by atoms with van der Waals surface area (Å²) >= 11 is 0. The van der Waals surface area contributed by atoms with Gasteiger partial charge < -0.3 is 4.90 Å². The van der Waals surface area contributed by atoms with E-state index in [0.29, 0.717) is 0 Å². The van der Waals surface area contributed by atoms with Gasteiger partial charge >= 0.3 is 0 Å². The van der Waals surface area contributed by atoms with E-state index in [1.165, 1.54) is 17.9 Å². The fourth-order valence-electron chi connectivity index (χ4n) is 1.82. The summed E-state index contributed by atoms with van der Waals surface area (Å²) in [5, 5.41) is 0. The van der Waals surface area contributed by atoms with Gasteiger partial charge in [-0.1, -0.05) is 25.1 Å². The highest BCUT2D eigenvalue weighted by Crippen LogP contribution is 2.18. The van der Waals surface area contributed by atoms with Gasteiger partial charge in [-0.15, -0.1) is 0 Å². The Labute approximate surface area is 85.3 Å². The van der Waals surface area contributed by atoms with E-state index < -0.39 is 0 Å². The molecule has 0 unspecified atom stereocenters. The molecule has 1 aliphatic heterocycles. The summed E-state index contributed by atoms with van der Waals surface area (Å²) in [5.74, 6) is 1.25. The van der Waals surface area contributed by atoms with Crippen molar-refractivity contribution < 1.29 is 0 Å². The second-order valence-electron chi connectivity index (χ2n) is 3.54. The van der Waals surface area contributed by atoms with Gasteiger partial charge in [0, 0.05) is 18.7 Å². The Morgan fingerprint density at radius 3 is 2.79 bits per heavy atom. The van der Waals surface area contributed by atoms with Gasteiger partial charge in [-0.25, -0.2) is 0 Å². The van der Waals surface area contributed by atoms with Crippen molar-refractivity contribution in [2.75, 3.05) is 18.0 Å². The van der Waals surface area contributed by atoms with Crippen LogP contribution in [0.1, 0.15) is 19.8 Å². The lowest BCUT2D eigenvalue weighted by molar-refractivity contribution is 0.967. The largest absolute Gasteiger partial charge is 0.328 e. The molecule has 0 bridgehead atoms. The first kappa shape index (κ1) is 9.25. The summed E-state index contributed by atoms with van der Waals surface area (Å²) in [7, 11) is 0. The monoisotopic (exact) mass is 188 g/mol. The van der Waals surface area contributed by atoms with Crippen LogP contribution in [0, 0.1) is 0 Å². The molecule has 1 aromatic rings. The topological polar surface area (TPSA) is 15.6 Å². The predicted molar refractivity (Wildman–Crippen MR) is 61.0 cm³/mol. The van der Waals surface area contributed by atoms with Crippen LogP contribution < -0.4 is 4.90 Å². The number of hydrogen-bond acceptors (Lipinski definition) is 2. The first-order valence-electron chi connectivity index (χ1n) is 5.27. The van der Waals surface area contributed by atoms with Crippen molar-refractivity contribution in [3.8, 4) is 0 Å². The molecule has 0 atom stereocenters. The van der Waals surface area contributed by atoms with Gasteiger partial charge in [0.05, 0.1) is 6.54 Å². The minimum Gasteiger partial charge on any atom is -0.328 e. The van der Waals surface area contributed by atoms with Crippen LogP contribution in [0.25, 0.3) is 0 Å². The summed E-state index contributed by atoms with van der Waals surface area (Å²) in [6.07, 6.45) is 2.26. The van der Waals surface area contributed by atoms with Crippen molar-refractivity contribution in [1.29, 1.82) is 0 Å². The van der Waals surface area contributed by atoms with Crippen LogP contribution in [0.15, 0.2) is 35.3 Å². The number of amidine groups is 1. The zero-order valence-corrected chi connectivity index (χ0v) is 8.61. The number of para-hydroxylation sites is 1. The summed E-state index contributed by atoms with van der Waals surface area (Å²) in [4.78, 5) is 6.85. The van der Waals surface area contributed by atoms with Gasteiger partial charge in [-0.3, -0.25) is 4.99 Å². The number of hydrogen-bond donors (Lipinski definition) is 0. The van der Waals surface area contributed by atoms with Crippen molar-refractivity contribution in [3.05, 3.63) is 30.3 Å². The van der Waals surface area contributed by atoms with Crippen LogP contribution in [0.2, 0.25) is 0 Å². The summed E-state index contributed by atoms with van der Waals surface area (Å²) in [5.41, 5.74) is 1.28. The van der Waals surface area contributed by atoms with Gasteiger partial charge in [0.25, 0.3) is 0 Å². The second-order valence-corrected chi connectivity index (χ2v) is 3.54. The summed E-state index contributed by atoms with van der Waals surface area (Å²) in [6, 6.07) is 10.5. The lowest BCUT2D eigenvalue weighted by Crippen LogP contribution is -2.26. The molecule has 0 saturated heterocycles. The van der Waals surface area contributed by atoms with E-state index in [-0.39, 0.29) is 0 Å². The molecule has 0 radical (unpaired) electrons. The van der Waals surface area contributed by atoms with Gasteiger partial charge in [-0.05, 0) is 18.6 Å². The zero-order chi connectivity index (χ0) is 9.80. The van der Waals surface area contributed by atoms with E-state index in [0.717, 1.165) is 19.5 Å². The van der Waals surface area contributed by atoms with Crippen molar-refractivity contribution in [2.45, 2.75) is 19.8 Å². The minimum atomic E-state index is 0.949. The molecule has 74 valence electrons. The van der Waals surface area contributed by atoms with Crippen molar-refractivity contribution in [1.82, 2.24) is 0 Å². The lowest BCUT2D eigenvalue weighted by atomic mass is 10.2. The summed E-state index contributed by atoms with van der Waals surface area (Å²) < 4.78 is 0. The van der Waals surface area contributed by atoms with Crippen molar-refractivity contribution >= 4 is 11.5 Å². The maximum Gasteiger partial charge on any atom is 0.103 e. The predicted octanol–water partition coefficient (Wildman–Crippen LogP) is 2.71. The SMILES string of the molecule is CCCC1=NCCN1c1ccccc1. The fraction of sp³-hybridized carbons (Fsp3) is 0.417. The maximum absolute atomic E-state index is 4.53. The molecular formula is C12H16N2. The highest BCUT2D eigenvalue weighted by molar-refractivity contribution is 5.99. The molecule has 1 aromatic carbocycles. The van der Waals surface area contributed by atoms with Crippen LogP contribution in [0.5, 0.6) is 0 Å². The Kier molecular flexibility index (Phi) is 2.82. The van der Waals surface area contributed by atoms with Gasteiger partial charge in [-0.2, -0.15) is 0 Å². The first-order chi connectivity index (χ1) is 6.92. The molecule has 0 aliphatic carbocycles. The van der Waals surface area contributed by atoms with E-state index in [2.05, 4.69) is 47.1 Å². The highest BCUT2D eigenvalue weighted by atomic mass is 15.2. The molecule has 0 saturated carbocycles. The van der Waals surface area contributed by atoms with E-state index >= 15 is 0 Å². The normalized spacial score (nSPS) is 15.8. The third-order valence-corrected chi connectivity index (χ3v) is 2.47. The van der Waals surface area contributed by atoms with E-state index in [4.69, 9.17) is 0 Å². The Morgan fingerprint density at radius 1 is 1.29 bits per heavy atom. The molecule has 1 heterocycles. The molecule has 0 N–H and O–H groups in total. The number of benzene rings is 1. The lowest BCUT2D eigenvalue weighted by Gasteiger charge is -2.19. The molecule has 0 amide bonds. The Balaban J connectivity index is 2.16. The van der Waals surface area contributed by atoms with Crippen LogP contribution in [-0.4, -0.2) is 18.9 Å². The molecule has 2 nitrogen and oxygen atoms in total. The first-order valence-corrected chi connectivity index (χ1v) is 5.27. The standard InChI is InChI=1S/C12H16N2/c1-2-6-12-13-9-10-14(12)11-7-4-3-5-8-11/h3-5,7-8H,2,6,9-10H2,1H3. The van der Waals surface area contributed by atoms with Crippen molar-refractivity contribution in [2.24, 2.45) is 4.99 Å². The average Bonchev–Trinajstić information content (AvgIpc) is 2.68. The highest BCUT2D eigenvalue weighted by Gasteiger charge is 2.16. The van der Waals surface area contributed by atoms with Crippen molar-refractivity contribution in [3.63, 3.8) is 0 Å². The fourth-order valence-corrected chi connectivity index (χ4v) is 1.82. The van der Waals surface area contributed by atoms with E-state index in [9.17, 15) is 0 Å². The Hall–Kier alpha value is -1.31. The quantitative estimate of drug-likeness (QED) is 0.712. The number of nitrogens with zero attached hydrogens (tertiary/aromatic N) is 2. The molecule has 1 aliphatic rings. The molecular weight excluding hydrogens is 172 g/mol. The number of aliphatic imine (C=N–C) groups is 1. The molecule has 2 heteroatoms. The van der Waals surface area contributed by atoms with Crippen LogP contribution in [0.3, 0.4) is 0 Å². The Morgan fingerprint density at radius 2 is 2.07 bits per heavy atom. The van der Waals surface area contributed by atoms with Gasteiger partial charge in [0.1, 0.15) is 5.84 Å². The zero-order valence-electron chi connectivity index (χ0n) is 8.61. The smallest absolute Gasteiger partial charge is 0.103 e. The van der Waals surface area contributed by atoms with Gasteiger partial charge in [0.2, 0.25) is 0 Å². The maximum atomic E-state index is 4.53. The van der Waals surface area contributed by atoms with Crippen LogP contribution >= 0.6 is 0 Å². The number of rotatable bonds is 3. The summed E-state index contributed by atoms with van der Waals surface area (Å²) in [6.45, 7) is 4.19. The van der Waals surface area contributed by atoms with Crippen LogP contribution in [-0.2, 0) is 0 Å². The Bertz CT molecular complexity index is 316. The number of anilines is 1. The van der Waals surface area contributed by atoms with Gasteiger partial charge in [0.15, 0.2) is 0 Å².